The number of rotatable bonds is 7. The first kappa shape index (κ1) is 19.9. The zero-order valence-corrected chi connectivity index (χ0v) is 15.6. The van der Waals surface area contributed by atoms with Crippen LogP contribution in [-0.4, -0.2) is 41.3 Å². The molecule has 138 valence electrons. The van der Waals surface area contributed by atoms with Crippen LogP contribution in [0.1, 0.15) is 32.1 Å². The number of nitrogens with zero attached hydrogens (tertiary/aromatic N) is 1. The van der Waals surface area contributed by atoms with Crippen LogP contribution in [0.25, 0.3) is 0 Å². The summed E-state index contributed by atoms with van der Waals surface area (Å²) in [6.45, 7) is 2.27. The Kier molecular flexibility index (Phi) is 8.40. The predicted octanol–water partition coefficient (Wildman–Crippen LogP) is 4.08. The third-order valence-electron chi connectivity index (χ3n) is 3.90. The van der Waals surface area contributed by atoms with Gasteiger partial charge < -0.3 is 15.5 Å². The highest BCUT2D eigenvalue weighted by molar-refractivity contribution is 7.99. The van der Waals surface area contributed by atoms with Crippen molar-refractivity contribution in [1.29, 1.82) is 0 Å². The Morgan fingerprint density at radius 1 is 1.24 bits per heavy atom. The molecule has 25 heavy (non-hydrogen) atoms. The van der Waals surface area contributed by atoms with Crippen LogP contribution in [0.15, 0.2) is 29.2 Å². The topological polar surface area (TPSA) is 44.4 Å². The van der Waals surface area contributed by atoms with E-state index in [1.807, 2.05) is 4.90 Å². The molecule has 0 unspecified atom stereocenters. The van der Waals surface area contributed by atoms with Crippen molar-refractivity contribution in [2.24, 2.45) is 0 Å². The molecule has 0 atom stereocenters. The van der Waals surface area contributed by atoms with Crippen molar-refractivity contribution >= 4 is 40.7 Å². The van der Waals surface area contributed by atoms with E-state index >= 15 is 0 Å². The van der Waals surface area contributed by atoms with Gasteiger partial charge >= 0.3 is 0 Å². The van der Waals surface area contributed by atoms with Crippen molar-refractivity contribution in [2.75, 3.05) is 25.0 Å². The van der Waals surface area contributed by atoms with Crippen molar-refractivity contribution in [3.63, 3.8) is 0 Å². The first-order chi connectivity index (χ1) is 12.0. The van der Waals surface area contributed by atoms with Crippen LogP contribution < -0.4 is 10.6 Å². The second-order valence-electron chi connectivity index (χ2n) is 5.83. The summed E-state index contributed by atoms with van der Waals surface area (Å²) >= 11 is 5.74. The van der Waals surface area contributed by atoms with Crippen LogP contribution in [0.4, 0.5) is 14.5 Å². The molecule has 2 rings (SSSR count). The summed E-state index contributed by atoms with van der Waals surface area (Å²) in [5.74, 6) is -2.17. The van der Waals surface area contributed by atoms with Crippen LogP contribution in [0.2, 0.25) is 0 Å². The molecule has 0 spiro atoms. The second kappa shape index (κ2) is 10.6. The quantitative estimate of drug-likeness (QED) is 0.419. The standard InChI is InChI=1S/C17H23F2N3OS2/c18-16(19)25-14-8-6-13(7-9-14)21-17(24)20-10-4-12-22-11-3-1-2-5-15(22)23/h6-9,16H,1-5,10-12H2,(H2,20,21,24). The molecule has 1 amide bonds. The molecular weight excluding hydrogens is 364 g/mol. The Hall–Kier alpha value is -1.41. The lowest BCUT2D eigenvalue weighted by Gasteiger charge is -2.20. The van der Waals surface area contributed by atoms with Crippen LogP contribution >= 0.6 is 24.0 Å². The van der Waals surface area contributed by atoms with Gasteiger partial charge in [0.15, 0.2) is 5.11 Å². The summed E-state index contributed by atoms with van der Waals surface area (Å²) in [5.41, 5.74) is 0.749. The summed E-state index contributed by atoms with van der Waals surface area (Å²) in [4.78, 5) is 14.3. The van der Waals surface area contributed by atoms with Crippen molar-refractivity contribution in [2.45, 2.75) is 42.8 Å². The summed E-state index contributed by atoms with van der Waals surface area (Å²) in [5, 5.41) is 6.61. The summed E-state index contributed by atoms with van der Waals surface area (Å²) < 4.78 is 24.6. The molecule has 1 fully saturated rings. The maximum absolute atomic E-state index is 12.3. The number of carbonyl (C=O) groups excluding carboxylic acids is 1. The fourth-order valence-corrected chi connectivity index (χ4v) is 3.36. The maximum Gasteiger partial charge on any atom is 0.288 e. The number of benzene rings is 1. The number of anilines is 1. The van der Waals surface area contributed by atoms with Gasteiger partial charge in [0.25, 0.3) is 5.76 Å². The van der Waals surface area contributed by atoms with Gasteiger partial charge in [-0.3, -0.25) is 4.79 Å². The number of hydrogen-bond donors (Lipinski definition) is 2. The average molecular weight is 388 g/mol. The Balaban J connectivity index is 1.65. The van der Waals surface area contributed by atoms with E-state index < -0.39 is 5.76 Å². The molecular formula is C17H23F2N3OS2. The Labute approximate surface area is 156 Å². The number of halogens is 2. The number of carbonyl (C=O) groups is 1. The Morgan fingerprint density at radius 3 is 2.72 bits per heavy atom. The highest BCUT2D eigenvalue weighted by atomic mass is 32.2. The summed E-state index contributed by atoms with van der Waals surface area (Å²) in [6.07, 6.45) is 4.70. The fourth-order valence-electron chi connectivity index (χ4n) is 2.64. The van der Waals surface area contributed by atoms with Gasteiger partial charge in [0, 0.05) is 36.6 Å². The molecule has 1 aliphatic rings. The van der Waals surface area contributed by atoms with E-state index in [9.17, 15) is 13.6 Å². The summed E-state index contributed by atoms with van der Waals surface area (Å²) in [7, 11) is 0. The number of alkyl halides is 2. The molecule has 0 aliphatic carbocycles. The molecule has 8 heteroatoms. The van der Waals surface area contributed by atoms with E-state index in [4.69, 9.17) is 12.2 Å². The van der Waals surface area contributed by atoms with Gasteiger partial charge in [-0.25, -0.2) is 0 Å². The van der Waals surface area contributed by atoms with Crippen molar-refractivity contribution < 1.29 is 13.6 Å². The lowest BCUT2D eigenvalue weighted by Crippen LogP contribution is -2.35. The van der Waals surface area contributed by atoms with Gasteiger partial charge in [-0.1, -0.05) is 18.2 Å². The molecule has 2 N–H and O–H groups in total. The lowest BCUT2D eigenvalue weighted by molar-refractivity contribution is -0.130. The second-order valence-corrected chi connectivity index (χ2v) is 7.30. The Bertz CT molecular complexity index is 570. The molecule has 0 saturated carbocycles. The van der Waals surface area contributed by atoms with Gasteiger partial charge in [0.2, 0.25) is 5.91 Å². The molecule has 1 aromatic carbocycles. The molecule has 0 bridgehead atoms. The van der Waals surface area contributed by atoms with Crippen molar-refractivity contribution in [3.05, 3.63) is 24.3 Å². The minimum Gasteiger partial charge on any atom is -0.362 e. The number of hydrogen-bond acceptors (Lipinski definition) is 3. The zero-order valence-electron chi connectivity index (χ0n) is 14.0. The minimum absolute atomic E-state index is 0.250. The highest BCUT2D eigenvalue weighted by Crippen LogP contribution is 2.26. The largest absolute Gasteiger partial charge is 0.362 e. The van der Waals surface area contributed by atoms with Crippen LogP contribution in [-0.2, 0) is 4.79 Å². The van der Waals surface area contributed by atoms with E-state index in [0.717, 1.165) is 44.5 Å². The first-order valence-corrected chi connectivity index (χ1v) is 9.71. The first-order valence-electron chi connectivity index (χ1n) is 8.42. The monoisotopic (exact) mass is 387 g/mol. The number of likely N-dealkylation sites (tertiary alicyclic amines) is 1. The Morgan fingerprint density at radius 2 is 2.00 bits per heavy atom. The number of nitrogens with one attached hydrogen (secondary N) is 2. The SMILES string of the molecule is O=C1CCCCCN1CCCNC(=S)Nc1ccc(SC(F)F)cc1. The zero-order chi connectivity index (χ0) is 18.1. The molecule has 0 aromatic heterocycles. The van der Waals surface area contributed by atoms with Gasteiger partial charge in [-0.15, -0.1) is 0 Å². The highest BCUT2D eigenvalue weighted by Gasteiger charge is 2.15. The number of amides is 1. The van der Waals surface area contributed by atoms with E-state index in [-0.39, 0.29) is 5.91 Å². The molecule has 4 nitrogen and oxygen atoms in total. The van der Waals surface area contributed by atoms with Gasteiger partial charge in [0.1, 0.15) is 0 Å². The number of thioether (sulfide) groups is 1. The van der Waals surface area contributed by atoms with Crippen molar-refractivity contribution in [3.8, 4) is 0 Å². The van der Waals surface area contributed by atoms with Crippen LogP contribution in [0.3, 0.4) is 0 Å². The minimum atomic E-state index is -2.42. The van der Waals surface area contributed by atoms with Crippen molar-refractivity contribution in [1.82, 2.24) is 10.2 Å². The normalized spacial score (nSPS) is 15.2. The third-order valence-corrected chi connectivity index (χ3v) is 4.87. The smallest absolute Gasteiger partial charge is 0.288 e. The third kappa shape index (κ3) is 7.56. The maximum atomic E-state index is 12.3. The van der Waals surface area contributed by atoms with Crippen LogP contribution in [0.5, 0.6) is 0 Å². The van der Waals surface area contributed by atoms with E-state index in [1.54, 1.807) is 24.3 Å². The van der Waals surface area contributed by atoms with E-state index in [1.165, 1.54) is 0 Å². The molecule has 1 aliphatic heterocycles. The molecule has 1 saturated heterocycles. The molecule has 0 radical (unpaired) electrons. The van der Waals surface area contributed by atoms with Gasteiger partial charge in [-0.2, -0.15) is 8.78 Å². The average Bonchev–Trinajstić information content (AvgIpc) is 2.77. The molecule has 1 aromatic rings. The summed E-state index contributed by atoms with van der Waals surface area (Å²) in [6, 6.07) is 6.70. The van der Waals surface area contributed by atoms with Gasteiger partial charge in [-0.05, 0) is 55.7 Å². The fraction of sp³-hybridized carbons (Fsp3) is 0.529. The van der Waals surface area contributed by atoms with E-state index in [2.05, 4.69) is 10.6 Å². The lowest BCUT2D eigenvalue weighted by atomic mass is 10.2. The number of thiocarbonyl (C=S) groups is 1. The van der Waals surface area contributed by atoms with Gasteiger partial charge in [0.05, 0.1) is 0 Å². The van der Waals surface area contributed by atoms with E-state index in [0.29, 0.717) is 34.7 Å². The van der Waals surface area contributed by atoms with Crippen LogP contribution in [0, 0.1) is 0 Å². The molecule has 1 heterocycles. The predicted molar refractivity (Wildman–Crippen MR) is 102 cm³/mol.